The lowest BCUT2D eigenvalue weighted by Gasteiger charge is -2.26. The van der Waals surface area contributed by atoms with E-state index < -0.39 is 11.5 Å². The van der Waals surface area contributed by atoms with Crippen LogP contribution in [0.5, 0.6) is 0 Å². The third-order valence-electron chi connectivity index (χ3n) is 4.28. The molecular weight excluding hydrogens is 254 g/mol. The van der Waals surface area contributed by atoms with Gasteiger partial charge >= 0.3 is 5.97 Å². The lowest BCUT2D eigenvalue weighted by Crippen LogP contribution is -2.44. The molecule has 1 aromatic carbocycles. The van der Waals surface area contributed by atoms with Gasteiger partial charge in [-0.1, -0.05) is 29.8 Å². The van der Waals surface area contributed by atoms with Gasteiger partial charge in [0.2, 0.25) is 5.91 Å². The zero-order valence-electron chi connectivity index (χ0n) is 12.5. The van der Waals surface area contributed by atoms with Crippen LogP contribution in [-0.2, 0) is 19.7 Å². The summed E-state index contributed by atoms with van der Waals surface area (Å²) in [4.78, 5) is 25.9. The molecule has 0 radical (unpaired) electrons. The Morgan fingerprint density at radius 1 is 1.35 bits per heavy atom. The Balaban J connectivity index is 2.26. The Morgan fingerprint density at radius 2 is 1.95 bits per heavy atom. The minimum Gasteiger partial charge on any atom is -0.467 e. The molecule has 2 rings (SSSR count). The van der Waals surface area contributed by atoms with Gasteiger partial charge < -0.3 is 9.64 Å². The molecule has 4 heteroatoms. The Bertz CT molecular complexity index is 523. The van der Waals surface area contributed by atoms with Crippen molar-refractivity contribution in [1.82, 2.24) is 4.90 Å². The van der Waals surface area contributed by atoms with E-state index >= 15 is 0 Å². The van der Waals surface area contributed by atoms with E-state index in [1.807, 2.05) is 38.1 Å². The average Bonchev–Trinajstić information content (AvgIpc) is 2.75. The summed E-state index contributed by atoms with van der Waals surface area (Å²) in [6.07, 6.45) is 0.718. The Morgan fingerprint density at radius 3 is 2.50 bits per heavy atom. The molecule has 1 aromatic rings. The second-order valence-electron chi connectivity index (χ2n) is 5.65. The van der Waals surface area contributed by atoms with E-state index in [-0.39, 0.29) is 11.9 Å². The average molecular weight is 275 g/mol. The number of carbonyl (C=O) groups is 2. The van der Waals surface area contributed by atoms with Crippen molar-refractivity contribution >= 4 is 11.9 Å². The normalized spacial score (nSPS) is 23.8. The Kier molecular flexibility index (Phi) is 3.84. The number of ether oxygens (including phenoxy) is 1. The molecule has 1 aliphatic heterocycles. The zero-order chi connectivity index (χ0) is 14.9. The summed E-state index contributed by atoms with van der Waals surface area (Å²) in [5, 5.41) is 0. The summed E-state index contributed by atoms with van der Waals surface area (Å²) >= 11 is 0. The number of benzene rings is 1. The van der Waals surface area contributed by atoms with Crippen molar-refractivity contribution < 1.29 is 14.3 Å². The molecule has 0 aromatic heterocycles. The van der Waals surface area contributed by atoms with E-state index in [2.05, 4.69) is 0 Å². The highest BCUT2D eigenvalue weighted by Crippen LogP contribution is 2.36. The molecule has 1 amide bonds. The van der Waals surface area contributed by atoms with Crippen molar-refractivity contribution in [2.45, 2.75) is 38.6 Å². The lowest BCUT2D eigenvalue weighted by molar-refractivity contribution is -0.151. The monoisotopic (exact) mass is 275 g/mol. The summed E-state index contributed by atoms with van der Waals surface area (Å²) in [5.41, 5.74) is 1.63. The highest BCUT2D eigenvalue weighted by Gasteiger charge is 2.46. The van der Waals surface area contributed by atoms with Crippen LogP contribution in [0.15, 0.2) is 24.3 Å². The molecular formula is C16H21NO3. The van der Waals surface area contributed by atoms with Crippen LogP contribution >= 0.6 is 0 Å². The van der Waals surface area contributed by atoms with E-state index in [0.29, 0.717) is 6.54 Å². The van der Waals surface area contributed by atoms with Crippen LogP contribution < -0.4 is 0 Å². The summed E-state index contributed by atoms with van der Waals surface area (Å²) in [6, 6.07) is 7.50. The van der Waals surface area contributed by atoms with Crippen molar-refractivity contribution in [3.8, 4) is 0 Å². The smallest absolute Gasteiger partial charge is 0.328 e. The molecule has 20 heavy (non-hydrogen) atoms. The van der Waals surface area contributed by atoms with Gasteiger partial charge in [0, 0.05) is 6.54 Å². The molecule has 0 spiro atoms. The molecule has 0 N–H and O–H groups in total. The van der Waals surface area contributed by atoms with Crippen LogP contribution in [0.25, 0.3) is 0 Å². The van der Waals surface area contributed by atoms with Gasteiger partial charge in [-0.05, 0) is 32.8 Å². The molecule has 2 atom stereocenters. The van der Waals surface area contributed by atoms with Crippen LogP contribution in [0.2, 0.25) is 0 Å². The Labute approximate surface area is 119 Å². The van der Waals surface area contributed by atoms with Crippen molar-refractivity contribution in [1.29, 1.82) is 0 Å². The van der Waals surface area contributed by atoms with Gasteiger partial charge in [-0.25, -0.2) is 4.79 Å². The number of carbonyl (C=O) groups excluding carboxylic acids is 2. The van der Waals surface area contributed by atoms with Gasteiger partial charge in [-0.15, -0.1) is 0 Å². The molecule has 1 fully saturated rings. The summed E-state index contributed by atoms with van der Waals surface area (Å²) in [6.45, 7) is 6.27. The minimum atomic E-state index is -0.546. The number of methoxy groups -OCH3 is 1. The highest BCUT2D eigenvalue weighted by atomic mass is 16.5. The first kappa shape index (κ1) is 14.6. The van der Waals surface area contributed by atoms with Crippen LogP contribution in [-0.4, -0.2) is 36.5 Å². The van der Waals surface area contributed by atoms with E-state index in [4.69, 9.17) is 4.74 Å². The zero-order valence-corrected chi connectivity index (χ0v) is 12.5. The molecule has 1 unspecified atom stereocenters. The molecule has 108 valence electrons. The molecule has 1 saturated heterocycles. The quantitative estimate of drug-likeness (QED) is 0.793. The highest BCUT2D eigenvalue weighted by molar-refractivity contribution is 5.93. The summed E-state index contributed by atoms with van der Waals surface area (Å²) in [5.74, 6) is -0.370. The number of hydrogen-bond acceptors (Lipinski definition) is 3. The molecule has 0 bridgehead atoms. The van der Waals surface area contributed by atoms with Crippen molar-refractivity contribution in [3.05, 3.63) is 35.4 Å². The second-order valence-corrected chi connectivity index (χ2v) is 5.65. The first-order valence-electron chi connectivity index (χ1n) is 6.86. The maximum absolute atomic E-state index is 12.7. The second kappa shape index (κ2) is 5.27. The number of amides is 1. The Hall–Kier alpha value is -1.84. The van der Waals surface area contributed by atoms with E-state index in [1.54, 1.807) is 11.8 Å². The fraction of sp³-hybridized carbons (Fsp3) is 0.500. The molecule has 0 saturated carbocycles. The van der Waals surface area contributed by atoms with Crippen LogP contribution in [0.1, 0.15) is 31.4 Å². The predicted molar refractivity (Wildman–Crippen MR) is 76.3 cm³/mol. The number of likely N-dealkylation sites (tertiary alicyclic amines) is 1. The molecule has 0 aliphatic carbocycles. The fourth-order valence-electron chi connectivity index (χ4n) is 2.73. The van der Waals surface area contributed by atoms with Gasteiger partial charge in [0.1, 0.15) is 6.04 Å². The first-order valence-corrected chi connectivity index (χ1v) is 6.86. The summed E-state index contributed by atoms with van der Waals surface area (Å²) < 4.78 is 4.73. The van der Waals surface area contributed by atoms with Crippen LogP contribution in [0, 0.1) is 6.92 Å². The molecule has 4 nitrogen and oxygen atoms in total. The maximum atomic E-state index is 12.7. The van der Waals surface area contributed by atoms with Gasteiger partial charge in [0.05, 0.1) is 12.5 Å². The third kappa shape index (κ3) is 2.30. The van der Waals surface area contributed by atoms with E-state index in [9.17, 15) is 9.59 Å². The number of nitrogens with zero attached hydrogens (tertiary/aromatic N) is 1. The minimum absolute atomic E-state index is 0.000692. The van der Waals surface area contributed by atoms with Gasteiger partial charge in [0.25, 0.3) is 0 Å². The van der Waals surface area contributed by atoms with E-state index in [0.717, 1.165) is 12.0 Å². The van der Waals surface area contributed by atoms with Gasteiger partial charge in [-0.2, -0.15) is 0 Å². The molecule has 1 heterocycles. The summed E-state index contributed by atoms with van der Waals surface area (Å²) in [7, 11) is 1.35. The largest absolute Gasteiger partial charge is 0.467 e. The third-order valence-corrected chi connectivity index (χ3v) is 4.28. The number of esters is 1. The van der Waals surface area contributed by atoms with E-state index in [1.165, 1.54) is 12.7 Å². The van der Waals surface area contributed by atoms with Crippen molar-refractivity contribution in [2.75, 3.05) is 13.7 Å². The van der Waals surface area contributed by atoms with Crippen LogP contribution in [0.3, 0.4) is 0 Å². The van der Waals surface area contributed by atoms with Crippen LogP contribution in [0.4, 0.5) is 0 Å². The number of hydrogen-bond donors (Lipinski definition) is 0. The standard InChI is InChI=1S/C16H21NO3/c1-11-5-7-13(8-6-11)16(3)9-10-17(15(16)19)12(2)14(18)20-4/h5-8,12H,9-10H2,1-4H3/t12?,16-/m1/s1. The van der Waals surface area contributed by atoms with Crippen molar-refractivity contribution in [2.24, 2.45) is 0 Å². The number of aryl methyl sites for hydroxylation is 1. The van der Waals surface area contributed by atoms with Gasteiger partial charge in [0.15, 0.2) is 0 Å². The fourth-order valence-corrected chi connectivity index (χ4v) is 2.73. The topological polar surface area (TPSA) is 46.6 Å². The predicted octanol–water partition coefficient (Wildman–Crippen LogP) is 2.05. The number of rotatable bonds is 3. The first-order chi connectivity index (χ1) is 9.40. The SMILES string of the molecule is COC(=O)C(C)N1CC[C@](C)(c2ccc(C)cc2)C1=O. The van der Waals surface area contributed by atoms with Gasteiger partial charge in [-0.3, -0.25) is 4.79 Å². The lowest BCUT2D eigenvalue weighted by atomic mass is 9.81. The maximum Gasteiger partial charge on any atom is 0.328 e. The van der Waals surface area contributed by atoms with Crippen molar-refractivity contribution in [3.63, 3.8) is 0 Å². The molecule has 1 aliphatic rings.